The van der Waals surface area contributed by atoms with Crippen LogP contribution in [0.5, 0.6) is 5.75 Å². The van der Waals surface area contributed by atoms with Gasteiger partial charge in [-0.2, -0.15) is 0 Å². The summed E-state index contributed by atoms with van der Waals surface area (Å²) in [7, 11) is 0. The lowest BCUT2D eigenvalue weighted by Gasteiger charge is -2.19. The number of para-hydroxylation sites is 1. The Morgan fingerprint density at radius 3 is 2.29 bits per heavy atom. The minimum Gasteiger partial charge on any atom is -0.487 e. The second-order valence-corrected chi connectivity index (χ2v) is 6.98. The first-order valence-corrected chi connectivity index (χ1v) is 7.81. The predicted molar refractivity (Wildman–Crippen MR) is 89.5 cm³/mol. The molecule has 2 nitrogen and oxygen atoms in total. The fraction of sp³-hybridized carbons (Fsp3) is 0.333. The van der Waals surface area contributed by atoms with Crippen LogP contribution in [-0.2, 0) is 18.6 Å². The van der Waals surface area contributed by atoms with Crippen molar-refractivity contribution in [1.29, 1.82) is 0 Å². The van der Waals surface area contributed by atoms with Gasteiger partial charge in [-0.05, 0) is 38.5 Å². The van der Waals surface area contributed by atoms with Crippen molar-refractivity contribution in [2.75, 3.05) is 0 Å². The van der Waals surface area contributed by atoms with Crippen LogP contribution >= 0.6 is 15.9 Å². The van der Waals surface area contributed by atoms with Crippen LogP contribution in [0.25, 0.3) is 0 Å². The van der Waals surface area contributed by atoms with Crippen LogP contribution in [0.3, 0.4) is 0 Å². The Balaban J connectivity index is 2.10. The zero-order valence-electron chi connectivity index (χ0n) is 12.7. The third-order valence-electron chi connectivity index (χ3n) is 3.42. The van der Waals surface area contributed by atoms with Gasteiger partial charge >= 0.3 is 0 Å². The molecule has 0 aromatic heterocycles. The van der Waals surface area contributed by atoms with Gasteiger partial charge in [-0.3, -0.25) is 0 Å². The molecular formula is C18H21BrO2. The highest BCUT2D eigenvalue weighted by Gasteiger charge is 2.13. The molecule has 0 aliphatic rings. The van der Waals surface area contributed by atoms with E-state index in [9.17, 15) is 5.11 Å². The number of rotatable bonds is 4. The molecule has 2 rings (SSSR count). The molecule has 0 heterocycles. The molecule has 0 unspecified atom stereocenters. The zero-order valence-corrected chi connectivity index (χ0v) is 14.3. The maximum absolute atomic E-state index is 9.37. The minimum absolute atomic E-state index is 0.0300. The molecule has 0 amide bonds. The van der Waals surface area contributed by atoms with E-state index in [-0.39, 0.29) is 12.0 Å². The molecule has 0 bridgehead atoms. The van der Waals surface area contributed by atoms with E-state index >= 15 is 0 Å². The van der Waals surface area contributed by atoms with Gasteiger partial charge in [0.25, 0.3) is 0 Å². The number of halogens is 1. The van der Waals surface area contributed by atoms with Crippen LogP contribution in [0.2, 0.25) is 0 Å². The first-order chi connectivity index (χ1) is 9.91. The molecule has 2 aromatic carbocycles. The van der Waals surface area contributed by atoms with Gasteiger partial charge in [0.05, 0.1) is 11.1 Å². The monoisotopic (exact) mass is 348 g/mol. The summed E-state index contributed by atoms with van der Waals surface area (Å²) in [6, 6.07) is 14.1. The summed E-state index contributed by atoms with van der Waals surface area (Å²) >= 11 is 3.46. The summed E-state index contributed by atoms with van der Waals surface area (Å²) in [5, 5.41) is 9.37. The first kappa shape index (κ1) is 16.1. The van der Waals surface area contributed by atoms with Crippen LogP contribution in [-0.4, -0.2) is 5.11 Å². The van der Waals surface area contributed by atoms with Crippen LogP contribution in [0.15, 0.2) is 46.9 Å². The molecule has 2 aromatic rings. The van der Waals surface area contributed by atoms with E-state index < -0.39 is 0 Å². The number of ether oxygens (including phenoxy) is 1. The molecule has 0 fully saturated rings. The van der Waals surface area contributed by atoms with Gasteiger partial charge in [0.2, 0.25) is 0 Å². The smallest absolute Gasteiger partial charge is 0.139 e. The summed E-state index contributed by atoms with van der Waals surface area (Å²) in [5.74, 6) is 0.708. The Morgan fingerprint density at radius 2 is 1.71 bits per heavy atom. The van der Waals surface area contributed by atoms with Gasteiger partial charge < -0.3 is 9.84 Å². The maximum atomic E-state index is 9.37. The summed E-state index contributed by atoms with van der Waals surface area (Å²) in [4.78, 5) is 0. The Kier molecular flexibility index (Phi) is 5.07. The Labute approximate surface area is 134 Å². The molecule has 21 heavy (non-hydrogen) atoms. The highest BCUT2D eigenvalue weighted by molar-refractivity contribution is 9.10. The number of hydrogen-bond acceptors (Lipinski definition) is 2. The third kappa shape index (κ3) is 4.08. The van der Waals surface area contributed by atoms with Gasteiger partial charge in [-0.15, -0.1) is 0 Å². The summed E-state index contributed by atoms with van der Waals surface area (Å²) < 4.78 is 6.72. The molecule has 3 heteroatoms. The van der Waals surface area contributed by atoms with E-state index in [1.807, 2.05) is 18.2 Å². The molecule has 0 aliphatic heterocycles. The standard InChI is InChI=1S/C18H21BrO2/c1-18(2,3)15-9-7-13(8-10-15)12-21-17-14(11-20)5-4-6-16(17)19/h4-10,20H,11-12H2,1-3H3. The van der Waals surface area contributed by atoms with E-state index in [0.717, 1.165) is 15.6 Å². The number of hydrogen-bond donors (Lipinski definition) is 1. The lowest BCUT2D eigenvalue weighted by Crippen LogP contribution is -2.10. The number of aliphatic hydroxyl groups excluding tert-OH is 1. The Hall–Kier alpha value is -1.32. The molecule has 0 atom stereocenters. The predicted octanol–water partition coefficient (Wildman–Crippen LogP) is 4.82. The fourth-order valence-electron chi connectivity index (χ4n) is 2.10. The van der Waals surface area contributed by atoms with Crippen molar-refractivity contribution in [3.8, 4) is 5.75 Å². The molecular weight excluding hydrogens is 328 g/mol. The van der Waals surface area contributed by atoms with Crippen LogP contribution in [0, 0.1) is 0 Å². The lowest BCUT2D eigenvalue weighted by molar-refractivity contribution is 0.258. The largest absolute Gasteiger partial charge is 0.487 e. The van der Waals surface area contributed by atoms with Gasteiger partial charge in [-0.1, -0.05) is 57.2 Å². The SMILES string of the molecule is CC(C)(C)c1ccc(COc2c(Br)cccc2CO)cc1. The van der Waals surface area contributed by atoms with E-state index in [0.29, 0.717) is 12.4 Å². The molecule has 0 spiro atoms. The van der Waals surface area contributed by atoms with Crippen LogP contribution in [0.4, 0.5) is 0 Å². The average molecular weight is 349 g/mol. The summed E-state index contributed by atoms with van der Waals surface area (Å²) in [6.45, 7) is 7.06. The van der Waals surface area contributed by atoms with Gasteiger partial charge in [-0.25, -0.2) is 0 Å². The maximum Gasteiger partial charge on any atom is 0.139 e. The first-order valence-electron chi connectivity index (χ1n) is 7.02. The molecule has 0 saturated carbocycles. The van der Waals surface area contributed by atoms with E-state index in [1.165, 1.54) is 5.56 Å². The third-order valence-corrected chi connectivity index (χ3v) is 4.05. The van der Waals surface area contributed by atoms with Crippen LogP contribution in [0.1, 0.15) is 37.5 Å². The highest BCUT2D eigenvalue weighted by atomic mass is 79.9. The van der Waals surface area contributed by atoms with Crippen molar-refractivity contribution >= 4 is 15.9 Å². The zero-order chi connectivity index (χ0) is 15.5. The van der Waals surface area contributed by atoms with Gasteiger partial charge in [0, 0.05) is 5.56 Å². The van der Waals surface area contributed by atoms with E-state index in [4.69, 9.17) is 4.74 Å². The topological polar surface area (TPSA) is 29.5 Å². The van der Waals surface area contributed by atoms with Crippen molar-refractivity contribution in [3.05, 3.63) is 63.6 Å². The van der Waals surface area contributed by atoms with E-state index in [1.54, 1.807) is 0 Å². The summed E-state index contributed by atoms with van der Waals surface area (Å²) in [5.41, 5.74) is 3.37. The molecule has 1 N–H and O–H groups in total. The number of benzene rings is 2. The Morgan fingerprint density at radius 1 is 1.05 bits per heavy atom. The fourth-order valence-corrected chi connectivity index (χ4v) is 2.62. The minimum atomic E-state index is -0.0300. The Bertz CT molecular complexity index is 598. The summed E-state index contributed by atoms with van der Waals surface area (Å²) in [6.07, 6.45) is 0. The second-order valence-electron chi connectivity index (χ2n) is 6.12. The van der Waals surface area contributed by atoms with Crippen molar-refractivity contribution in [1.82, 2.24) is 0 Å². The quantitative estimate of drug-likeness (QED) is 0.858. The molecule has 112 valence electrons. The van der Waals surface area contributed by atoms with Crippen molar-refractivity contribution in [2.45, 2.75) is 39.4 Å². The van der Waals surface area contributed by atoms with Gasteiger partial charge in [0.15, 0.2) is 0 Å². The molecule has 0 aliphatic carbocycles. The van der Waals surface area contributed by atoms with E-state index in [2.05, 4.69) is 61.0 Å². The normalized spacial score (nSPS) is 11.5. The average Bonchev–Trinajstić information content (AvgIpc) is 2.45. The lowest BCUT2D eigenvalue weighted by atomic mass is 9.87. The van der Waals surface area contributed by atoms with Gasteiger partial charge in [0.1, 0.15) is 12.4 Å². The van der Waals surface area contributed by atoms with Crippen LogP contribution < -0.4 is 4.74 Å². The molecule has 0 saturated heterocycles. The highest BCUT2D eigenvalue weighted by Crippen LogP contribution is 2.30. The molecule has 0 radical (unpaired) electrons. The second kappa shape index (κ2) is 6.63. The number of aliphatic hydroxyl groups is 1. The van der Waals surface area contributed by atoms with Crippen molar-refractivity contribution in [2.24, 2.45) is 0 Å². The van der Waals surface area contributed by atoms with Crippen molar-refractivity contribution in [3.63, 3.8) is 0 Å². The van der Waals surface area contributed by atoms with Crippen molar-refractivity contribution < 1.29 is 9.84 Å².